The minimum atomic E-state index is -0.201. The van der Waals surface area contributed by atoms with E-state index in [1.807, 2.05) is 0 Å². The Labute approximate surface area is 95.1 Å². The van der Waals surface area contributed by atoms with Gasteiger partial charge in [-0.25, -0.2) is 9.78 Å². The van der Waals surface area contributed by atoms with Gasteiger partial charge in [0.25, 0.3) is 5.56 Å². The highest BCUT2D eigenvalue weighted by Gasteiger charge is 2.10. The summed E-state index contributed by atoms with van der Waals surface area (Å²) in [5.74, 6) is 0. The van der Waals surface area contributed by atoms with Gasteiger partial charge in [0.05, 0.1) is 28.3 Å². The van der Waals surface area contributed by atoms with Crippen LogP contribution in [-0.2, 0) is 14.1 Å². The molecule has 1 aromatic carbocycles. The molecule has 0 radical (unpaired) electrons. The second-order valence-corrected chi connectivity index (χ2v) is 3.99. The first-order valence-corrected chi connectivity index (χ1v) is 5.12. The number of fused-ring (bicyclic) bond motifs is 2. The summed E-state index contributed by atoms with van der Waals surface area (Å²) >= 11 is 0. The van der Waals surface area contributed by atoms with Gasteiger partial charge in [-0.15, -0.1) is 0 Å². The predicted molar refractivity (Wildman–Crippen MR) is 64.1 cm³/mol. The van der Waals surface area contributed by atoms with Gasteiger partial charge in [-0.3, -0.25) is 13.9 Å². The molecular formula is C11H10N4O2. The first-order valence-electron chi connectivity index (χ1n) is 5.12. The molecule has 3 aromatic rings. The molecule has 0 atom stereocenters. The van der Waals surface area contributed by atoms with Crippen LogP contribution in [-0.4, -0.2) is 19.1 Å². The lowest BCUT2D eigenvalue weighted by molar-refractivity contribution is 0.795. The lowest BCUT2D eigenvalue weighted by Crippen LogP contribution is -2.19. The second-order valence-electron chi connectivity index (χ2n) is 3.99. The molecule has 0 fully saturated rings. The van der Waals surface area contributed by atoms with Crippen molar-refractivity contribution >= 4 is 21.9 Å². The Morgan fingerprint density at radius 2 is 1.76 bits per heavy atom. The fourth-order valence-electron chi connectivity index (χ4n) is 2.06. The van der Waals surface area contributed by atoms with Crippen LogP contribution in [0.5, 0.6) is 0 Å². The number of aromatic amines is 1. The molecular weight excluding hydrogens is 220 g/mol. The predicted octanol–water partition coefficient (Wildman–Crippen LogP) is 0.113. The molecule has 2 aromatic heterocycles. The first kappa shape index (κ1) is 9.83. The summed E-state index contributed by atoms with van der Waals surface area (Å²) < 4.78 is 3.05. The van der Waals surface area contributed by atoms with E-state index in [0.717, 1.165) is 11.0 Å². The zero-order valence-electron chi connectivity index (χ0n) is 9.39. The van der Waals surface area contributed by atoms with E-state index in [1.54, 1.807) is 26.2 Å². The van der Waals surface area contributed by atoms with Gasteiger partial charge in [-0.2, -0.15) is 0 Å². The average molecular weight is 230 g/mol. The van der Waals surface area contributed by atoms with Crippen molar-refractivity contribution in [2.45, 2.75) is 0 Å². The molecule has 6 heteroatoms. The number of imidazole rings is 1. The fourth-order valence-corrected chi connectivity index (χ4v) is 2.06. The lowest BCUT2D eigenvalue weighted by Gasteiger charge is -1.98. The number of hydrogen-bond acceptors (Lipinski definition) is 3. The van der Waals surface area contributed by atoms with E-state index in [1.165, 1.54) is 15.5 Å². The van der Waals surface area contributed by atoms with Crippen LogP contribution in [0.25, 0.3) is 21.9 Å². The van der Waals surface area contributed by atoms with Crippen LogP contribution in [0.3, 0.4) is 0 Å². The third-order valence-electron chi connectivity index (χ3n) is 3.03. The van der Waals surface area contributed by atoms with E-state index in [2.05, 4.69) is 9.97 Å². The normalized spacial score (nSPS) is 11.4. The lowest BCUT2D eigenvalue weighted by atomic mass is 10.2. The number of nitrogens with one attached hydrogen (secondary N) is 1. The molecule has 3 rings (SSSR count). The van der Waals surface area contributed by atoms with Gasteiger partial charge < -0.3 is 4.98 Å². The Bertz CT molecular complexity index is 853. The van der Waals surface area contributed by atoms with Gasteiger partial charge in [-0.1, -0.05) is 0 Å². The maximum Gasteiger partial charge on any atom is 0.328 e. The maximum atomic E-state index is 11.8. The fraction of sp³-hybridized carbons (Fsp3) is 0.182. The van der Waals surface area contributed by atoms with Gasteiger partial charge in [0.1, 0.15) is 0 Å². The van der Waals surface area contributed by atoms with Crippen LogP contribution in [0.4, 0.5) is 0 Å². The molecule has 0 saturated carbocycles. The van der Waals surface area contributed by atoms with Crippen LogP contribution < -0.4 is 11.2 Å². The van der Waals surface area contributed by atoms with E-state index in [-0.39, 0.29) is 11.2 Å². The largest absolute Gasteiger partial charge is 0.328 e. The Hall–Kier alpha value is -2.37. The molecule has 0 aliphatic heterocycles. The third kappa shape index (κ3) is 1.17. The minimum Gasteiger partial charge on any atom is -0.313 e. The number of H-pyrrole nitrogens is 1. The summed E-state index contributed by atoms with van der Waals surface area (Å²) in [6.07, 6.45) is 1.36. The Morgan fingerprint density at radius 3 is 2.47 bits per heavy atom. The van der Waals surface area contributed by atoms with Crippen LogP contribution >= 0.6 is 0 Å². The smallest absolute Gasteiger partial charge is 0.313 e. The Kier molecular flexibility index (Phi) is 1.77. The van der Waals surface area contributed by atoms with Gasteiger partial charge in [0.15, 0.2) is 0 Å². The summed E-state index contributed by atoms with van der Waals surface area (Å²) in [6, 6.07) is 3.44. The highest BCUT2D eigenvalue weighted by atomic mass is 16.1. The first-order chi connectivity index (χ1) is 8.09. The van der Waals surface area contributed by atoms with Crippen LogP contribution in [0.1, 0.15) is 0 Å². The van der Waals surface area contributed by atoms with Crippen molar-refractivity contribution < 1.29 is 0 Å². The maximum absolute atomic E-state index is 11.8. The zero-order valence-corrected chi connectivity index (χ0v) is 9.39. The van der Waals surface area contributed by atoms with Gasteiger partial charge in [0, 0.05) is 14.1 Å². The van der Waals surface area contributed by atoms with E-state index in [9.17, 15) is 9.59 Å². The molecule has 86 valence electrons. The number of hydrogen-bond donors (Lipinski definition) is 1. The highest BCUT2D eigenvalue weighted by molar-refractivity contribution is 5.92. The van der Waals surface area contributed by atoms with Crippen molar-refractivity contribution in [2.75, 3.05) is 0 Å². The molecule has 0 saturated heterocycles. The SMILES string of the molecule is Cn1c(=O)n(C)c2cc3c(=O)[nH]cnc3cc21. The molecule has 0 unspecified atom stereocenters. The standard InChI is InChI=1S/C11H10N4O2/c1-14-8-3-6-7(12-5-13-10(6)16)4-9(8)15(2)11(14)17/h3-5H,1-2H3,(H,12,13,16). The summed E-state index contributed by atoms with van der Waals surface area (Å²) in [4.78, 5) is 30.0. The van der Waals surface area contributed by atoms with Crippen LogP contribution in [0, 0.1) is 0 Å². The number of rotatable bonds is 0. The van der Waals surface area contributed by atoms with Crippen molar-refractivity contribution in [3.63, 3.8) is 0 Å². The zero-order chi connectivity index (χ0) is 12.2. The average Bonchev–Trinajstić information content (AvgIpc) is 2.54. The van der Waals surface area contributed by atoms with E-state index in [4.69, 9.17) is 0 Å². The Balaban J connectivity index is 2.67. The van der Waals surface area contributed by atoms with Crippen molar-refractivity contribution in [3.05, 3.63) is 39.3 Å². The minimum absolute atomic E-state index is 0.119. The van der Waals surface area contributed by atoms with E-state index >= 15 is 0 Å². The van der Waals surface area contributed by atoms with Crippen LogP contribution in [0.15, 0.2) is 28.0 Å². The van der Waals surface area contributed by atoms with E-state index < -0.39 is 0 Å². The number of benzene rings is 1. The molecule has 0 aliphatic carbocycles. The van der Waals surface area contributed by atoms with Crippen LogP contribution in [0.2, 0.25) is 0 Å². The van der Waals surface area contributed by atoms with Crippen molar-refractivity contribution in [3.8, 4) is 0 Å². The molecule has 0 spiro atoms. The van der Waals surface area contributed by atoms with Gasteiger partial charge in [-0.05, 0) is 12.1 Å². The highest BCUT2D eigenvalue weighted by Crippen LogP contribution is 2.16. The number of nitrogens with zero attached hydrogens (tertiary/aromatic N) is 3. The molecule has 2 heterocycles. The van der Waals surface area contributed by atoms with Gasteiger partial charge >= 0.3 is 5.69 Å². The van der Waals surface area contributed by atoms with Crippen molar-refractivity contribution in [1.29, 1.82) is 0 Å². The third-order valence-corrected chi connectivity index (χ3v) is 3.03. The summed E-state index contributed by atoms with van der Waals surface area (Å²) in [6.45, 7) is 0. The van der Waals surface area contributed by atoms with Crippen molar-refractivity contribution in [2.24, 2.45) is 14.1 Å². The van der Waals surface area contributed by atoms with E-state index in [0.29, 0.717) is 10.9 Å². The molecule has 6 nitrogen and oxygen atoms in total. The molecule has 0 aliphatic rings. The molecule has 0 bridgehead atoms. The van der Waals surface area contributed by atoms with Crippen molar-refractivity contribution in [1.82, 2.24) is 19.1 Å². The number of aromatic nitrogens is 4. The Morgan fingerprint density at radius 1 is 1.12 bits per heavy atom. The molecule has 17 heavy (non-hydrogen) atoms. The second kappa shape index (κ2) is 3.07. The van der Waals surface area contributed by atoms with Gasteiger partial charge in [0.2, 0.25) is 0 Å². The molecule has 0 amide bonds. The number of aryl methyl sites for hydroxylation is 2. The topological polar surface area (TPSA) is 72.7 Å². The summed E-state index contributed by atoms with van der Waals surface area (Å²) in [5.41, 5.74) is 1.76. The summed E-state index contributed by atoms with van der Waals surface area (Å²) in [7, 11) is 3.38. The quantitative estimate of drug-likeness (QED) is 0.596. The monoisotopic (exact) mass is 230 g/mol. The molecule has 1 N–H and O–H groups in total. The summed E-state index contributed by atoms with van der Waals surface area (Å²) in [5, 5.41) is 0.487.